The van der Waals surface area contributed by atoms with Crippen molar-refractivity contribution in [3.05, 3.63) is 12.4 Å². The van der Waals surface area contributed by atoms with Crippen LogP contribution in [0.1, 0.15) is 13.3 Å². The summed E-state index contributed by atoms with van der Waals surface area (Å²) in [5.41, 5.74) is 0. The SMILES string of the molecule is CCCNCCN(C)c1nccn1C. The van der Waals surface area contributed by atoms with E-state index in [9.17, 15) is 0 Å². The lowest BCUT2D eigenvalue weighted by Crippen LogP contribution is -2.30. The Morgan fingerprint density at radius 1 is 1.50 bits per heavy atom. The summed E-state index contributed by atoms with van der Waals surface area (Å²) in [6.45, 7) is 5.27. The fraction of sp³-hybridized carbons (Fsp3) is 0.700. The first-order valence-electron chi connectivity index (χ1n) is 5.15. The van der Waals surface area contributed by atoms with Gasteiger partial charge in [0.1, 0.15) is 0 Å². The number of aryl methyl sites for hydroxylation is 1. The highest BCUT2D eigenvalue weighted by molar-refractivity contribution is 5.28. The number of likely N-dealkylation sites (N-methyl/N-ethyl adjacent to an activating group) is 1. The molecule has 0 atom stereocenters. The van der Waals surface area contributed by atoms with Crippen molar-refractivity contribution in [2.45, 2.75) is 13.3 Å². The minimum absolute atomic E-state index is 0.991. The molecule has 0 fully saturated rings. The van der Waals surface area contributed by atoms with Gasteiger partial charge in [0.15, 0.2) is 0 Å². The Labute approximate surface area is 85.9 Å². The molecule has 0 radical (unpaired) electrons. The van der Waals surface area contributed by atoms with Crippen LogP contribution >= 0.6 is 0 Å². The number of anilines is 1. The number of aromatic nitrogens is 2. The summed E-state index contributed by atoms with van der Waals surface area (Å²) in [4.78, 5) is 6.43. The number of nitrogens with zero attached hydrogens (tertiary/aromatic N) is 3. The molecule has 0 aliphatic carbocycles. The average Bonchev–Trinajstić information content (AvgIpc) is 2.59. The minimum atomic E-state index is 0.991. The zero-order valence-electron chi connectivity index (χ0n) is 9.32. The van der Waals surface area contributed by atoms with Crippen LogP contribution in [0.5, 0.6) is 0 Å². The van der Waals surface area contributed by atoms with E-state index < -0.39 is 0 Å². The summed E-state index contributed by atoms with van der Waals surface area (Å²) in [5, 5.41) is 3.37. The molecule has 0 aromatic carbocycles. The van der Waals surface area contributed by atoms with E-state index in [1.54, 1.807) is 0 Å². The topological polar surface area (TPSA) is 33.1 Å². The second-order valence-corrected chi connectivity index (χ2v) is 3.51. The molecule has 0 saturated carbocycles. The second-order valence-electron chi connectivity index (χ2n) is 3.51. The van der Waals surface area contributed by atoms with Gasteiger partial charge < -0.3 is 14.8 Å². The van der Waals surface area contributed by atoms with E-state index in [-0.39, 0.29) is 0 Å². The van der Waals surface area contributed by atoms with Gasteiger partial charge in [-0.15, -0.1) is 0 Å². The molecule has 1 aromatic rings. The number of hydrogen-bond acceptors (Lipinski definition) is 3. The normalized spacial score (nSPS) is 10.5. The van der Waals surface area contributed by atoms with Crippen LogP contribution in [0.15, 0.2) is 12.4 Å². The Morgan fingerprint density at radius 3 is 2.86 bits per heavy atom. The molecule has 0 aliphatic heterocycles. The highest BCUT2D eigenvalue weighted by Gasteiger charge is 2.04. The Hall–Kier alpha value is -1.03. The molecule has 0 unspecified atom stereocenters. The van der Waals surface area contributed by atoms with E-state index in [1.807, 2.05) is 24.0 Å². The molecule has 0 amide bonds. The molecule has 0 aliphatic rings. The monoisotopic (exact) mass is 196 g/mol. The standard InChI is InChI=1S/C10H20N4/c1-4-5-11-6-8-13(2)10-12-7-9-14(10)3/h7,9,11H,4-6,8H2,1-3H3. The molecule has 1 heterocycles. The fourth-order valence-electron chi connectivity index (χ4n) is 1.37. The number of hydrogen-bond donors (Lipinski definition) is 1. The third kappa shape index (κ3) is 3.03. The minimum Gasteiger partial charge on any atom is -0.344 e. The molecular formula is C10H20N4. The van der Waals surface area contributed by atoms with E-state index >= 15 is 0 Å². The third-order valence-electron chi connectivity index (χ3n) is 2.19. The maximum absolute atomic E-state index is 4.28. The van der Waals surface area contributed by atoms with Crippen molar-refractivity contribution in [1.82, 2.24) is 14.9 Å². The first-order valence-corrected chi connectivity index (χ1v) is 5.15. The number of rotatable bonds is 6. The van der Waals surface area contributed by atoms with Gasteiger partial charge in [-0.2, -0.15) is 0 Å². The van der Waals surface area contributed by atoms with Crippen LogP contribution in [0.4, 0.5) is 5.95 Å². The van der Waals surface area contributed by atoms with Crippen LogP contribution in [0, 0.1) is 0 Å². The molecule has 0 spiro atoms. The summed E-state index contributed by atoms with van der Waals surface area (Å²) < 4.78 is 2.03. The highest BCUT2D eigenvalue weighted by atomic mass is 15.3. The summed E-state index contributed by atoms with van der Waals surface area (Å²) in [5.74, 6) is 1.02. The maximum atomic E-state index is 4.28. The van der Waals surface area contributed by atoms with Crippen molar-refractivity contribution in [2.24, 2.45) is 7.05 Å². The van der Waals surface area contributed by atoms with Crippen molar-refractivity contribution in [3.63, 3.8) is 0 Å². The second kappa shape index (κ2) is 5.65. The largest absolute Gasteiger partial charge is 0.344 e. The molecule has 1 N–H and O–H groups in total. The lowest BCUT2D eigenvalue weighted by Gasteiger charge is -2.18. The predicted molar refractivity (Wildman–Crippen MR) is 59.6 cm³/mol. The molecule has 4 nitrogen and oxygen atoms in total. The summed E-state index contributed by atoms with van der Waals surface area (Å²) >= 11 is 0. The van der Waals surface area contributed by atoms with E-state index in [0.29, 0.717) is 0 Å². The van der Waals surface area contributed by atoms with Gasteiger partial charge in [-0.1, -0.05) is 6.92 Å². The molecule has 4 heteroatoms. The zero-order chi connectivity index (χ0) is 10.4. The molecular weight excluding hydrogens is 176 g/mol. The van der Waals surface area contributed by atoms with Crippen LogP contribution < -0.4 is 10.2 Å². The van der Waals surface area contributed by atoms with Crippen molar-refractivity contribution in [1.29, 1.82) is 0 Å². The van der Waals surface area contributed by atoms with Crippen LogP contribution in [0.3, 0.4) is 0 Å². The molecule has 0 bridgehead atoms. The summed E-state index contributed by atoms with van der Waals surface area (Å²) in [6, 6.07) is 0. The van der Waals surface area contributed by atoms with Crippen molar-refractivity contribution >= 4 is 5.95 Å². The number of imidazole rings is 1. The van der Waals surface area contributed by atoms with Crippen molar-refractivity contribution in [3.8, 4) is 0 Å². The Bertz CT molecular complexity index is 256. The van der Waals surface area contributed by atoms with Crippen LogP contribution in [-0.4, -0.2) is 36.2 Å². The van der Waals surface area contributed by atoms with E-state index in [1.165, 1.54) is 6.42 Å². The summed E-state index contributed by atoms with van der Waals surface area (Å²) in [6.07, 6.45) is 4.97. The first-order chi connectivity index (χ1) is 6.75. The first kappa shape index (κ1) is 11.0. The van der Waals surface area contributed by atoms with Crippen LogP contribution in [0.25, 0.3) is 0 Å². The van der Waals surface area contributed by atoms with E-state index in [4.69, 9.17) is 0 Å². The summed E-state index contributed by atoms with van der Waals surface area (Å²) in [7, 11) is 4.08. The van der Waals surface area contributed by atoms with Gasteiger partial charge in [0.25, 0.3) is 0 Å². The van der Waals surface area contributed by atoms with Gasteiger partial charge in [0.05, 0.1) is 0 Å². The quantitative estimate of drug-likeness (QED) is 0.685. The average molecular weight is 196 g/mol. The number of nitrogens with one attached hydrogen (secondary N) is 1. The fourth-order valence-corrected chi connectivity index (χ4v) is 1.37. The highest BCUT2D eigenvalue weighted by Crippen LogP contribution is 2.05. The van der Waals surface area contributed by atoms with Crippen molar-refractivity contribution < 1.29 is 0 Å². The van der Waals surface area contributed by atoms with Gasteiger partial charge in [0, 0.05) is 39.6 Å². The van der Waals surface area contributed by atoms with Gasteiger partial charge in [-0.25, -0.2) is 4.98 Å². The molecule has 80 valence electrons. The molecule has 14 heavy (non-hydrogen) atoms. The van der Waals surface area contributed by atoms with Gasteiger partial charge in [0.2, 0.25) is 5.95 Å². The molecule has 1 rings (SSSR count). The Kier molecular flexibility index (Phi) is 4.46. The maximum Gasteiger partial charge on any atom is 0.204 e. The smallest absolute Gasteiger partial charge is 0.204 e. The van der Waals surface area contributed by atoms with Gasteiger partial charge in [-0.05, 0) is 13.0 Å². The molecule has 0 saturated heterocycles. The lowest BCUT2D eigenvalue weighted by atomic mass is 10.4. The Balaban J connectivity index is 2.28. The third-order valence-corrected chi connectivity index (χ3v) is 2.19. The van der Waals surface area contributed by atoms with Crippen molar-refractivity contribution in [2.75, 3.05) is 31.6 Å². The van der Waals surface area contributed by atoms with Crippen LogP contribution in [0.2, 0.25) is 0 Å². The van der Waals surface area contributed by atoms with Gasteiger partial charge >= 0.3 is 0 Å². The van der Waals surface area contributed by atoms with Gasteiger partial charge in [-0.3, -0.25) is 0 Å². The predicted octanol–water partition coefficient (Wildman–Crippen LogP) is 0.856. The van der Waals surface area contributed by atoms with E-state index in [2.05, 4.69) is 29.2 Å². The Morgan fingerprint density at radius 2 is 2.29 bits per heavy atom. The van der Waals surface area contributed by atoms with Crippen LogP contribution in [-0.2, 0) is 7.05 Å². The molecule has 1 aromatic heterocycles. The zero-order valence-corrected chi connectivity index (χ0v) is 9.32. The lowest BCUT2D eigenvalue weighted by molar-refractivity contribution is 0.657. The van der Waals surface area contributed by atoms with E-state index in [0.717, 1.165) is 25.6 Å².